The van der Waals surface area contributed by atoms with Crippen molar-refractivity contribution in [2.45, 2.75) is 368 Å². The van der Waals surface area contributed by atoms with Crippen molar-refractivity contribution < 1.29 is 80.2 Å². The van der Waals surface area contributed by atoms with E-state index in [1.54, 1.807) is 0 Å². The van der Waals surface area contributed by atoms with E-state index in [1.165, 1.54) is 167 Å². The Balaban J connectivity index is 5.23. The average Bonchev–Trinajstić information content (AvgIpc) is 3.60. The Bertz CT molecular complexity index is 1720. The van der Waals surface area contributed by atoms with E-state index in [1.807, 2.05) is 0 Å². The number of hydrogen-bond acceptors (Lipinski definition) is 15. The van der Waals surface area contributed by atoms with Crippen LogP contribution < -0.4 is 0 Å². The molecule has 0 saturated carbocycles. The first-order valence-electron chi connectivity index (χ1n) is 36.0. The Morgan fingerprint density at radius 1 is 0.307 bits per heavy atom. The number of esters is 4. The zero-order chi connectivity index (χ0) is 65.0. The molecule has 0 heterocycles. The summed E-state index contributed by atoms with van der Waals surface area (Å²) in [7, 11) is -9.89. The summed E-state index contributed by atoms with van der Waals surface area (Å²) in [6.45, 7) is 9.53. The van der Waals surface area contributed by atoms with Gasteiger partial charge in [-0.3, -0.25) is 37.3 Å². The largest absolute Gasteiger partial charge is 0.472 e. The van der Waals surface area contributed by atoms with Crippen molar-refractivity contribution in [2.75, 3.05) is 39.6 Å². The highest BCUT2D eigenvalue weighted by Gasteiger charge is 2.30. The van der Waals surface area contributed by atoms with E-state index in [9.17, 15) is 43.2 Å². The number of aliphatic hydroxyl groups is 1. The van der Waals surface area contributed by atoms with Crippen molar-refractivity contribution in [3.05, 3.63) is 0 Å². The van der Waals surface area contributed by atoms with Crippen molar-refractivity contribution in [1.29, 1.82) is 0 Å². The zero-order valence-corrected chi connectivity index (χ0v) is 58.8. The minimum absolute atomic E-state index is 0.106. The van der Waals surface area contributed by atoms with Gasteiger partial charge in [0.25, 0.3) is 0 Å². The molecule has 0 aliphatic rings. The molecule has 0 rings (SSSR count). The third kappa shape index (κ3) is 62.8. The first kappa shape index (κ1) is 86.1. The first-order valence-corrected chi connectivity index (χ1v) is 39.0. The number of phosphoric ester groups is 2. The van der Waals surface area contributed by atoms with Gasteiger partial charge < -0.3 is 33.8 Å². The lowest BCUT2D eigenvalue weighted by molar-refractivity contribution is -0.161. The summed E-state index contributed by atoms with van der Waals surface area (Å²) in [5, 5.41) is 10.6. The molecular weight excluding hydrogens is 1160 g/mol. The number of carbonyl (C=O) groups is 4. The second kappa shape index (κ2) is 61.3. The number of aliphatic hydroxyl groups excluding tert-OH is 1. The molecule has 0 radical (unpaired) electrons. The van der Waals surface area contributed by atoms with Crippen molar-refractivity contribution in [1.82, 2.24) is 0 Å². The molecule has 0 aliphatic heterocycles. The average molecular weight is 1300 g/mol. The van der Waals surface area contributed by atoms with E-state index < -0.39 is 97.5 Å². The van der Waals surface area contributed by atoms with Gasteiger partial charge >= 0.3 is 39.5 Å². The Hall–Kier alpha value is -1.94. The molecule has 0 aromatic rings. The molecule has 0 fully saturated rings. The van der Waals surface area contributed by atoms with E-state index in [4.69, 9.17) is 37.0 Å². The van der Waals surface area contributed by atoms with E-state index in [-0.39, 0.29) is 25.7 Å². The normalized spacial score (nSPS) is 14.2. The predicted octanol–water partition coefficient (Wildman–Crippen LogP) is 19.6. The van der Waals surface area contributed by atoms with Crippen LogP contribution in [0, 0.1) is 11.8 Å². The third-order valence-corrected chi connectivity index (χ3v) is 17.9. The summed E-state index contributed by atoms with van der Waals surface area (Å²) < 4.78 is 68.2. The van der Waals surface area contributed by atoms with Crippen molar-refractivity contribution in [3.63, 3.8) is 0 Å². The summed E-state index contributed by atoms with van der Waals surface area (Å²) in [6.07, 6.45) is 45.7. The maximum absolute atomic E-state index is 13.0. The lowest BCUT2D eigenvalue weighted by Gasteiger charge is -2.21. The van der Waals surface area contributed by atoms with Crippen LogP contribution in [0.25, 0.3) is 0 Å². The van der Waals surface area contributed by atoms with Crippen LogP contribution >= 0.6 is 15.6 Å². The van der Waals surface area contributed by atoms with Crippen molar-refractivity contribution in [3.8, 4) is 0 Å². The van der Waals surface area contributed by atoms with Crippen molar-refractivity contribution in [2.24, 2.45) is 11.8 Å². The fraction of sp³-hybridized carbons (Fsp3) is 0.942. The van der Waals surface area contributed by atoms with Crippen LogP contribution in [0.3, 0.4) is 0 Å². The van der Waals surface area contributed by atoms with E-state index in [0.717, 1.165) is 102 Å². The van der Waals surface area contributed by atoms with Crippen LogP contribution in [0.1, 0.15) is 350 Å². The highest BCUT2D eigenvalue weighted by molar-refractivity contribution is 7.47. The molecule has 2 unspecified atom stereocenters. The Morgan fingerprint density at radius 3 is 0.773 bits per heavy atom. The number of hydrogen-bond donors (Lipinski definition) is 3. The first-order chi connectivity index (χ1) is 42.4. The van der Waals surface area contributed by atoms with E-state index >= 15 is 0 Å². The monoisotopic (exact) mass is 1300 g/mol. The molecule has 17 nitrogen and oxygen atoms in total. The smallest absolute Gasteiger partial charge is 0.462 e. The van der Waals surface area contributed by atoms with Gasteiger partial charge in [-0.2, -0.15) is 0 Å². The Kier molecular flexibility index (Phi) is 59.9. The molecule has 0 amide bonds. The quantitative estimate of drug-likeness (QED) is 0.0222. The second-order valence-electron chi connectivity index (χ2n) is 25.9. The summed E-state index contributed by atoms with van der Waals surface area (Å²) in [5.74, 6) is -0.578. The number of rotatable bonds is 68. The summed E-state index contributed by atoms with van der Waals surface area (Å²) in [6, 6.07) is 0. The van der Waals surface area contributed by atoms with Crippen LogP contribution in [0.2, 0.25) is 0 Å². The minimum atomic E-state index is -4.95. The van der Waals surface area contributed by atoms with E-state index in [0.29, 0.717) is 25.7 Å². The predicted molar refractivity (Wildman–Crippen MR) is 354 cm³/mol. The maximum Gasteiger partial charge on any atom is 0.472 e. The molecule has 0 spiro atoms. The van der Waals surface area contributed by atoms with Crippen LogP contribution in [0.4, 0.5) is 0 Å². The lowest BCUT2D eigenvalue weighted by atomic mass is 10.0. The van der Waals surface area contributed by atoms with Gasteiger partial charge in [-0.15, -0.1) is 0 Å². The summed E-state index contributed by atoms with van der Waals surface area (Å²) >= 11 is 0. The molecule has 522 valence electrons. The number of ether oxygens (including phenoxy) is 4. The fourth-order valence-electron chi connectivity index (χ4n) is 10.4. The van der Waals surface area contributed by atoms with Crippen LogP contribution in [-0.2, 0) is 65.4 Å². The Morgan fingerprint density at radius 2 is 0.523 bits per heavy atom. The van der Waals surface area contributed by atoms with Gasteiger partial charge in [0.15, 0.2) is 12.2 Å². The van der Waals surface area contributed by atoms with Crippen molar-refractivity contribution >= 4 is 39.5 Å². The van der Waals surface area contributed by atoms with E-state index in [2.05, 4.69) is 41.5 Å². The molecule has 88 heavy (non-hydrogen) atoms. The summed E-state index contributed by atoms with van der Waals surface area (Å²) in [4.78, 5) is 72.4. The number of unbranched alkanes of at least 4 members (excludes halogenated alkanes) is 38. The molecule has 5 atom stereocenters. The molecular formula is C69H134O17P2. The molecule has 0 aromatic carbocycles. The number of carbonyl (C=O) groups excluding carboxylic acids is 4. The topological polar surface area (TPSA) is 237 Å². The molecule has 0 saturated heterocycles. The molecule has 0 aliphatic carbocycles. The molecule has 0 aromatic heterocycles. The van der Waals surface area contributed by atoms with Crippen LogP contribution in [0.15, 0.2) is 0 Å². The highest BCUT2D eigenvalue weighted by atomic mass is 31.2. The van der Waals surface area contributed by atoms with Gasteiger partial charge in [0, 0.05) is 25.7 Å². The molecule has 3 N–H and O–H groups in total. The Labute approximate surface area is 537 Å². The standard InChI is InChI=1S/C69H134O17P2/c1-7-9-11-13-15-17-28-35-41-47-53-68(73)85-64(57-79-66(71)51-45-39-33-25-16-14-12-10-8-2)59-83-87(75,76)81-55-63(70)56-82-88(77,78)84-60-65(58-80-67(72)52-46-40-34-29-24-20-22-27-32-38-44-50-62(5)6)86-69(74)54-48-42-36-30-23-19-18-21-26-31-37-43-49-61(3)4/h61-65,70H,7-60H2,1-6H3,(H,75,76)(H,77,78)/t63-,64+,65+/m0/s1. The van der Waals surface area contributed by atoms with Gasteiger partial charge in [0.1, 0.15) is 19.3 Å². The molecule has 0 bridgehead atoms. The fourth-order valence-corrected chi connectivity index (χ4v) is 12.0. The maximum atomic E-state index is 13.0. The second-order valence-corrected chi connectivity index (χ2v) is 28.8. The lowest BCUT2D eigenvalue weighted by Crippen LogP contribution is -2.30. The minimum Gasteiger partial charge on any atom is -0.462 e. The van der Waals surface area contributed by atoms with Crippen LogP contribution in [-0.4, -0.2) is 96.7 Å². The van der Waals surface area contributed by atoms with Gasteiger partial charge in [-0.25, -0.2) is 9.13 Å². The highest BCUT2D eigenvalue weighted by Crippen LogP contribution is 2.45. The molecule has 19 heteroatoms. The van der Waals surface area contributed by atoms with Gasteiger partial charge in [0.05, 0.1) is 26.4 Å². The van der Waals surface area contributed by atoms with Gasteiger partial charge in [0.2, 0.25) is 0 Å². The van der Waals surface area contributed by atoms with Gasteiger partial charge in [-0.1, -0.05) is 298 Å². The summed E-state index contributed by atoms with van der Waals surface area (Å²) in [5.41, 5.74) is 0. The number of phosphoric acid groups is 2. The SMILES string of the molecule is CCCCCCCCCCCCC(=O)O[C@H](COC(=O)CCCCCCCCCCC)COP(=O)(O)OC[C@H](O)COP(=O)(O)OC[C@@H](COC(=O)CCCCCCCCCCCCCC(C)C)OC(=O)CCCCCCCCCCCCCCC(C)C. The third-order valence-electron chi connectivity index (χ3n) is 16.0. The zero-order valence-electron chi connectivity index (χ0n) is 57.0. The van der Waals surface area contributed by atoms with Crippen LogP contribution in [0.5, 0.6) is 0 Å². The van der Waals surface area contributed by atoms with Gasteiger partial charge in [-0.05, 0) is 37.5 Å².